The first-order chi connectivity index (χ1) is 18.4. The third-order valence-corrected chi connectivity index (χ3v) is 8.78. The minimum Gasteiger partial charge on any atom is -0.630 e. The first-order valence-electron chi connectivity index (χ1n) is 13.3. The van der Waals surface area contributed by atoms with Gasteiger partial charge in [-0.25, -0.2) is 4.98 Å². The Bertz CT molecular complexity index is 1300. The van der Waals surface area contributed by atoms with Crippen LogP contribution in [0.5, 0.6) is 0 Å². The number of benzene rings is 2. The molecular formula is C29H29N5O4. The van der Waals surface area contributed by atoms with Crippen LogP contribution in [0.1, 0.15) is 49.4 Å². The number of quaternary nitrogens is 2. The Morgan fingerprint density at radius 2 is 1.05 bits per heavy atom. The van der Waals surface area contributed by atoms with Crippen molar-refractivity contribution in [3.05, 3.63) is 101 Å². The predicted molar refractivity (Wildman–Crippen MR) is 141 cm³/mol. The van der Waals surface area contributed by atoms with Gasteiger partial charge in [-0.15, -0.1) is 0 Å². The van der Waals surface area contributed by atoms with Gasteiger partial charge in [0.1, 0.15) is 11.4 Å². The molecule has 7 rings (SSSR count). The predicted octanol–water partition coefficient (Wildman–Crippen LogP) is 4.13. The van der Waals surface area contributed by atoms with E-state index in [0.717, 1.165) is 0 Å². The van der Waals surface area contributed by atoms with Crippen LogP contribution in [-0.4, -0.2) is 51.3 Å². The van der Waals surface area contributed by atoms with Gasteiger partial charge in [0.15, 0.2) is 12.1 Å². The molecule has 0 bridgehead atoms. The molecular weight excluding hydrogens is 482 g/mol. The van der Waals surface area contributed by atoms with Gasteiger partial charge in [-0.3, -0.25) is 19.4 Å². The minimum absolute atomic E-state index is 0.185. The van der Waals surface area contributed by atoms with Gasteiger partial charge < -0.3 is 19.7 Å². The highest BCUT2D eigenvalue weighted by Gasteiger charge is 2.60. The van der Waals surface area contributed by atoms with E-state index in [-0.39, 0.29) is 11.8 Å². The largest absolute Gasteiger partial charge is 0.630 e. The third-order valence-electron chi connectivity index (χ3n) is 8.78. The summed E-state index contributed by atoms with van der Waals surface area (Å²) in [4.78, 5) is 35.3. The minimum atomic E-state index is -0.853. The molecule has 0 radical (unpaired) electrons. The summed E-state index contributed by atoms with van der Waals surface area (Å²) in [6, 6.07) is 22.5. The smallest absolute Gasteiger partial charge is 0.290 e. The van der Waals surface area contributed by atoms with E-state index in [0.29, 0.717) is 61.5 Å². The molecule has 4 unspecified atom stereocenters. The van der Waals surface area contributed by atoms with Crippen LogP contribution in [0.15, 0.2) is 78.9 Å². The second-order valence-corrected chi connectivity index (χ2v) is 10.8. The maximum atomic E-state index is 14.3. The average Bonchev–Trinajstić information content (AvgIpc) is 3.63. The maximum Gasteiger partial charge on any atom is 0.290 e. The van der Waals surface area contributed by atoms with Gasteiger partial charge in [-0.2, -0.15) is 0 Å². The zero-order valence-corrected chi connectivity index (χ0v) is 20.9. The number of nitrogens with zero attached hydrogens (tertiary/aromatic N) is 5. The lowest BCUT2D eigenvalue weighted by molar-refractivity contribution is -0.905. The molecule has 4 aliphatic heterocycles. The van der Waals surface area contributed by atoms with Gasteiger partial charge >= 0.3 is 0 Å². The SMILES string of the molecule is O=C1C2CCC[N@+]2([O-])C(c2cccc(C3N(c4ccccc4)C(=O)C4CCC[N@@+]43[O-])n2)N1c1ccccc1. The summed E-state index contributed by atoms with van der Waals surface area (Å²) in [5.41, 5.74) is 2.22. The molecule has 0 saturated carbocycles. The first kappa shape index (κ1) is 23.5. The number of fused-ring (bicyclic) bond motifs is 2. The standard InChI is InChI=1S/C29H29N5O4/c35-28-24-16-8-18-33(24,37)26(31(28)20-10-3-1-4-11-20)22-14-7-15-23(30-22)27-32(21-12-5-2-6-13-21)29(36)25-17-9-19-34(25,27)38/h1-7,10-15,24-27H,8-9,16-19H2/t24?,25?,26?,27?,33-,34-/m1/s1. The number of carbonyl (C=O) groups is 2. The number of amides is 2. The van der Waals surface area contributed by atoms with E-state index in [1.54, 1.807) is 28.0 Å². The molecule has 0 N–H and O–H groups in total. The first-order valence-corrected chi connectivity index (χ1v) is 13.3. The molecule has 4 saturated heterocycles. The number of aromatic nitrogens is 1. The Morgan fingerprint density at radius 3 is 1.47 bits per heavy atom. The second-order valence-electron chi connectivity index (χ2n) is 10.8. The highest BCUT2D eigenvalue weighted by molar-refractivity contribution is 5.99. The fourth-order valence-electron chi connectivity index (χ4n) is 7.15. The van der Waals surface area contributed by atoms with Gasteiger partial charge in [0, 0.05) is 25.7 Å². The maximum absolute atomic E-state index is 14.3. The van der Waals surface area contributed by atoms with Crippen molar-refractivity contribution in [1.82, 2.24) is 4.98 Å². The number of para-hydroxylation sites is 2. The molecule has 38 heavy (non-hydrogen) atoms. The average molecular weight is 512 g/mol. The van der Waals surface area contributed by atoms with E-state index in [4.69, 9.17) is 4.98 Å². The Labute approximate surface area is 220 Å². The zero-order valence-electron chi connectivity index (χ0n) is 20.9. The normalized spacial score (nSPS) is 34.2. The van der Waals surface area contributed by atoms with Crippen molar-refractivity contribution in [2.24, 2.45) is 0 Å². The van der Waals surface area contributed by atoms with Crippen molar-refractivity contribution >= 4 is 23.2 Å². The quantitative estimate of drug-likeness (QED) is 0.387. The van der Waals surface area contributed by atoms with Gasteiger partial charge in [0.05, 0.1) is 24.5 Å². The summed E-state index contributed by atoms with van der Waals surface area (Å²) in [5, 5.41) is 28.6. The molecule has 3 aromatic rings. The van der Waals surface area contributed by atoms with Crippen LogP contribution >= 0.6 is 0 Å². The molecule has 1 aromatic heterocycles. The fraction of sp³-hybridized carbons (Fsp3) is 0.345. The van der Waals surface area contributed by atoms with Gasteiger partial charge in [0.25, 0.3) is 11.8 Å². The van der Waals surface area contributed by atoms with E-state index in [9.17, 15) is 20.0 Å². The van der Waals surface area contributed by atoms with Crippen molar-refractivity contribution < 1.29 is 18.9 Å². The van der Waals surface area contributed by atoms with Gasteiger partial charge in [-0.05, 0) is 36.4 Å². The number of hydroxylamine groups is 6. The molecule has 6 atom stereocenters. The van der Waals surface area contributed by atoms with Crippen LogP contribution in [0.2, 0.25) is 0 Å². The van der Waals surface area contributed by atoms with Crippen molar-refractivity contribution in [1.29, 1.82) is 0 Å². The summed E-state index contributed by atoms with van der Waals surface area (Å²) >= 11 is 0. The van der Waals surface area contributed by atoms with E-state index in [1.807, 2.05) is 60.7 Å². The topological polar surface area (TPSA) is 99.6 Å². The van der Waals surface area contributed by atoms with Gasteiger partial charge in [-0.1, -0.05) is 42.5 Å². The Morgan fingerprint density at radius 1 is 0.632 bits per heavy atom. The lowest BCUT2D eigenvalue weighted by atomic mass is 10.1. The van der Waals surface area contributed by atoms with Crippen LogP contribution < -0.4 is 9.80 Å². The van der Waals surface area contributed by atoms with Gasteiger partial charge in [0.2, 0.25) is 12.3 Å². The summed E-state index contributed by atoms with van der Waals surface area (Å²) in [5.74, 6) is -0.371. The molecule has 4 fully saturated rings. The molecule has 194 valence electrons. The molecule has 0 aliphatic carbocycles. The molecule has 5 heterocycles. The molecule has 0 spiro atoms. The monoisotopic (exact) mass is 511 g/mol. The van der Waals surface area contributed by atoms with Crippen LogP contribution in [0.4, 0.5) is 11.4 Å². The van der Waals surface area contributed by atoms with E-state index < -0.39 is 33.7 Å². The summed E-state index contributed by atoms with van der Waals surface area (Å²) in [7, 11) is 0. The molecule has 9 nitrogen and oxygen atoms in total. The Kier molecular flexibility index (Phi) is 5.22. The molecule has 2 amide bonds. The Balaban J connectivity index is 1.36. The summed E-state index contributed by atoms with van der Waals surface area (Å²) in [6.07, 6.45) is 0.745. The highest BCUT2D eigenvalue weighted by Crippen LogP contribution is 2.50. The van der Waals surface area contributed by atoms with Crippen LogP contribution in [-0.2, 0) is 9.59 Å². The zero-order chi connectivity index (χ0) is 26.1. The van der Waals surface area contributed by atoms with E-state index >= 15 is 0 Å². The molecule has 2 aromatic carbocycles. The Hall–Kier alpha value is -3.63. The van der Waals surface area contributed by atoms with Crippen LogP contribution in [0.3, 0.4) is 0 Å². The third kappa shape index (κ3) is 3.16. The number of pyridine rings is 1. The number of hydrogen-bond acceptors (Lipinski definition) is 5. The fourth-order valence-corrected chi connectivity index (χ4v) is 7.15. The second kappa shape index (κ2) is 8.44. The molecule has 9 heteroatoms. The van der Waals surface area contributed by atoms with Crippen molar-refractivity contribution in [3.8, 4) is 0 Å². The van der Waals surface area contributed by atoms with Crippen molar-refractivity contribution in [2.75, 3.05) is 22.9 Å². The van der Waals surface area contributed by atoms with E-state index in [2.05, 4.69) is 0 Å². The summed E-state index contributed by atoms with van der Waals surface area (Å²) in [6.45, 7) is 0.663. The van der Waals surface area contributed by atoms with Crippen molar-refractivity contribution in [3.63, 3.8) is 0 Å². The lowest BCUT2D eigenvalue weighted by Crippen LogP contribution is -2.47. The summed E-state index contributed by atoms with van der Waals surface area (Å²) < 4.78 is -1.34. The van der Waals surface area contributed by atoms with Crippen LogP contribution in [0.25, 0.3) is 0 Å². The lowest BCUT2D eigenvalue weighted by Gasteiger charge is -2.45. The molecule has 4 aliphatic rings. The van der Waals surface area contributed by atoms with E-state index in [1.165, 1.54) is 0 Å². The number of anilines is 2. The highest BCUT2D eigenvalue weighted by atomic mass is 16.6. The van der Waals surface area contributed by atoms with Crippen molar-refractivity contribution in [2.45, 2.75) is 50.1 Å². The number of carbonyl (C=O) groups excluding carboxylic acids is 2. The number of rotatable bonds is 4. The van der Waals surface area contributed by atoms with Crippen LogP contribution in [0, 0.1) is 10.4 Å². The number of hydrogen-bond donors (Lipinski definition) is 0.